The molecule has 1 saturated heterocycles. The predicted octanol–water partition coefficient (Wildman–Crippen LogP) is 4.27. The van der Waals surface area contributed by atoms with Gasteiger partial charge in [0.15, 0.2) is 5.96 Å². The summed E-state index contributed by atoms with van der Waals surface area (Å²) in [5.74, 6) is 1.44. The summed E-state index contributed by atoms with van der Waals surface area (Å²) in [7, 11) is 1.80. The zero-order chi connectivity index (χ0) is 21.7. The third-order valence-corrected chi connectivity index (χ3v) is 5.87. The van der Waals surface area contributed by atoms with Crippen molar-refractivity contribution in [3.05, 3.63) is 71.8 Å². The Morgan fingerprint density at radius 1 is 0.938 bits per heavy atom. The first-order valence-corrected chi connectivity index (χ1v) is 11.5. The summed E-state index contributed by atoms with van der Waals surface area (Å²) in [5, 5.41) is 6.80. The molecule has 0 saturated carbocycles. The van der Waals surface area contributed by atoms with Crippen LogP contribution in [0.5, 0.6) is 0 Å². The standard InChI is InChI=1S/C26H36N4O.HI/c1-27-26(28-17-10-4-9-13-22-11-5-2-6-12-22)29-20-24-19-25(31)30(21-24)18-16-23-14-7-3-8-15-23;/h2-3,5-8,11-12,14-15,24H,4,9-10,13,16-21H2,1H3,(H2,27,28,29);1H. The van der Waals surface area contributed by atoms with E-state index >= 15 is 0 Å². The summed E-state index contributed by atoms with van der Waals surface area (Å²) in [6.45, 7) is 3.33. The van der Waals surface area contributed by atoms with Gasteiger partial charge in [-0.05, 0) is 36.8 Å². The van der Waals surface area contributed by atoms with Crippen LogP contribution in [-0.4, -0.2) is 50.0 Å². The number of guanidine groups is 1. The molecular formula is C26H37IN4O. The maximum Gasteiger partial charge on any atom is 0.223 e. The first-order valence-electron chi connectivity index (χ1n) is 11.5. The number of hydrogen-bond acceptors (Lipinski definition) is 2. The van der Waals surface area contributed by atoms with Crippen LogP contribution in [0.3, 0.4) is 0 Å². The van der Waals surface area contributed by atoms with Crippen molar-refractivity contribution < 1.29 is 4.79 Å². The van der Waals surface area contributed by atoms with Crippen molar-refractivity contribution >= 4 is 35.8 Å². The van der Waals surface area contributed by atoms with E-state index in [1.807, 2.05) is 11.0 Å². The molecule has 0 radical (unpaired) electrons. The second-order valence-electron chi connectivity index (χ2n) is 8.32. The van der Waals surface area contributed by atoms with Gasteiger partial charge in [-0.2, -0.15) is 0 Å². The number of benzene rings is 2. The van der Waals surface area contributed by atoms with Crippen LogP contribution in [-0.2, 0) is 17.6 Å². The van der Waals surface area contributed by atoms with Gasteiger partial charge < -0.3 is 15.5 Å². The Kier molecular flexibility index (Phi) is 12.2. The smallest absolute Gasteiger partial charge is 0.223 e. The van der Waals surface area contributed by atoms with E-state index in [2.05, 4.69) is 70.2 Å². The minimum Gasteiger partial charge on any atom is -0.356 e. The van der Waals surface area contributed by atoms with E-state index in [-0.39, 0.29) is 29.9 Å². The molecule has 0 aromatic heterocycles. The summed E-state index contributed by atoms with van der Waals surface area (Å²) in [6.07, 6.45) is 6.22. The molecule has 1 unspecified atom stereocenters. The topological polar surface area (TPSA) is 56.7 Å². The maximum atomic E-state index is 12.3. The third-order valence-electron chi connectivity index (χ3n) is 5.87. The number of likely N-dealkylation sites (tertiary alicyclic amines) is 1. The van der Waals surface area contributed by atoms with Gasteiger partial charge in [-0.15, -0.1) is 24.0 Å². The zero-order valence-electron chi connectivity index (χ0n) is 19.1. The number of nitrogens with zero attached hydrogens (tertiary/aromatic N) is 2. The zero-order valence-corrected chi connectivity index (χ0v) is 21.5. The average Bonchev–Trinajstić information content (AvgIpc) is 3.17. The molecule has 1 atom stereocenters. The van der Waals surface area contributed by atoms with Crippen molar-refractivity contribution in [2.45, 2.75) is 38.5 Å². The van der Waals surface area contributed by atoms with Crippen LogP contribution in [0.1, 0.15) is 36.8 Å². The van der Waals surface area contributed by atoms with Crippen LogP contribution in [0, 0.1) is 5.92 Å². The molecule has 6 heteroatoms. The minimum atomic E-state index is 0. The Hall–Kier alpha value is -2.09. The van der Waals surface area contributed by atoms with Gasteiger partial charge in [0.05, 0.1) is 0 Å². The number of carbonyl (C=O) groups excluding carboxylic acids is 1. The van der Waals surface area contributed by atoms with E-state index in [4.69, 9.17) is 0 Å². The number of hydrogen-bond donors (Lipinski definition) is 2. The summed E-state index contributed by atoms with van der Waals surface area (Å²) in [5.41, 5.74) is 2.70. The van der Waals surface area contributed by atoms with Gasteiger partial charge in [-0.1, -0.05) is 67.1 Å². The average molecular weight is 549 g/mol. The number of aryl methyl sites for hydroxylation is 1. The monoisotopic (exact) mass is 548 g/mol. The normalized spacial score (nSPS) is 16.0. The number of carbonyl (C=O) groups is 1. The molecule has 1 amide bonds. The van der Waals surface area contributed by atoms with Crippen LogP contribution >= 0.6 is 24.0 Å². The molecular weight excluding hydrogens is 511 g/mol. The van der Waals surface area contributed by atoms with Crippen molar-refractivity contribution in [3.8, 4) is 0 Å². The fourth-order valence-electron chi connectivity index (χ4n) is 4.06. The molecule has 1 aliphatic heterocycles. The lowest BCUT2D eigenvalue weighted by atomic mass is 10.1. The molecule has 1 aliphatic rings. The van der Waals surface area contributed by atoms with E-state index in [0.29, 0.717) is 12.3 Å². The molecule has 0 bridgehead atoms. The number of aliphatic imine (C=N–C) groups is 1. The highest BCUT2D eigenvalue weighted by Gasteiger charge is 2.29. The van der Waals surface area contributed by atoms with Crippen molar-refractivity contribution in [1.29, 1.82) is 0 Å². The van der Waals surface area contributed by atoms with Crippen molar-refractivity contribution in [1.82, 2.24) is 15.5 Å². The SMILES string of the molecule is CN=C(NCCCCCc1ccccc1)NCC1CC(=O)N(CCc2ccccc2)C1.I. The highest BCUT2D eigenvalue weighted by molar-refractivity contribution is 14.0. The van der Waals surface area contributed by atoms with E-state index in [1.54, 1.807) is 7.05 Å². The van der Waals surface area contributed by atoms with Crippen LogP contribution in [0.25, 0.3) is 0 Å². The largest absolute Gasteiger partial charge is 0.356 e. The third kappa shape index (κ3) is 9.18. The summed E-state index contributed by atoms with van der Waals surface area (Å²) in [6, 6.07) is 21.0. The summed E-state index contributed by atoms with van der Waals surface area (Å²) >= 11 is 0. The number of unbranched alkanes of at least 4 members (excludes halogenated alkanes) is 2. The van der Waals surface area contributed by atoms with Gasteiger partial charge in [-0.25, -0.2) is 0 Å². The second kappa shape index (κ2) is 14.9. The Labute approximate surface area is 210 Å². The maximum absolute atomic E-state index is 12.3. The van der Waals surface area contributed by atoms with Crippen LogP contribution in [0.2, 0.25) is 0 Å². The molecule has 1 heterocycles. The lowest BCUT2D eigenvalue weighted by molar-refractivity contribution is -0.127. The lowest BCUT2D eigenvalue weighted by Crippen LogP contribution is -2.40. The van der Waals surface area contributed by atoms with Crippen LogP contribution < -0.4 is 10.6 Å². The Morgan fingerprint density at radius 2 is 1.59 bits per heavy atom. The second-order valence-corrected chi connectivity index (χ2v) is 8.32. The Morgan fingerprint density at radius 3 is 2.25 bits per heavy atom. The molecule has 2 N–H and O–H groups in total. The molecule has 0 aliphatic carbocycles. The van der Waals surface area contributed by atoms with Crippen molar-refractivity contribution in [2.75, 3.05) is 33.2 Å². The van der Waals surface area contributed by atoms with Gasteiger partial charge in [-0.3, -0.25) is 9.79 Å². The number of rotatable bonds is 11. The minimum absolute atomic E-state index is 0. The fourth-order valence-corrected chi connectivity index (χ4v) is 4.06. The van der Waals surface area contributed by atoms with Crippen molar-refractivity contribution in [2.24, 2.45) is 10.9 Å². The lowest BCUT2D eigenvalue weighted by Gasteiger charge is -2.18. The first kappa shape index (κ1) is 26.2. The molecule has 174 valence electrons. The predicted molar refractivity (Wildman–Crippen MR) is 144 cm³/mol. The van der Waals surface area contributed by atoms with Crippen LogP contribution in [0.15, 0.2) is 65.7 Å². The van der Waals surface area contributed by atoms with Gasteiger partial charge in [0.2, 0.25) is 5.91 Å². The van der Waals surface area contributed by atoms with E-state index < -0.39 is 0 Å². The molecule has 32 heavy (non-hydrogen) atoms. The van der Waals surface area contributed by atoms with Gasteiger partial charge >= 0.3 is 0 Å². The summed E-state index contributed by atoms with van der Waals surface area (Å²) < 4.78 is 0. The first-order chi connectivity index (χ1) is 15.2. The molecule has 5 nitrogen and oxygen atoms in total. The van der Waals surface area contributed by atoms with E-state index in [1.165, 1.54) is 24.0 Å². The highest BCUT2D eigenvalue weighted by atomic mass is 127. The van der Waals surface area contributed by atoms with E-state index in [0.717, 1.165) is 51.4 Å². The van der Waals surface area contributed by atoms with Gasteiger partial charge in [0, 0.05) is 45.6 Å². The molecule has 2 aromatic rings. The Balaban J connectivity index is 0.00000363. The highest BCUT2D eigenvalue weighted by Crippen LogP contribution is 2.17. The van der Waals surface area contributed by atoms with Crippen molar-refractivity contribution in [3.63, 3.8) is 0 Å². The van der Waals surface area contributed by atoms with E-state index in [9.17, 15) is 4.79 Å². The molecule has 0 spiro atoms. The van der Waals surface area contributed by atoms with Gasteiger partial charge in [0.1, 0.15) is 0 Å². The molecule has 3 rings (SSSR count). The number of nitrogens with one attached hydrogen (secondary N) is 2. The molecule has 2 aromatic carbocycles. The summed E-state index contributed by atoms with van der Waals surface area (Å²) in [4.78, 5) is 18.7. The van der Waals surface area contributed by atoms with Gasteiger partial charge in [0.25, 0.3) is 0 Å². The fraction of sp³-hybridized carbons (Fsp3) is 0.462. The number of amides is 1. The Bertz CT molecular complexity index is 813. The molecule has 1 fully saturated rings. The quantitative estimate of drug-likeness (QED) is 0.191. The van der Waals surface area contributed by atoms with Crippen LogP contribution in [0.4, 0.5) is 0 Å². The number of halogens is 1.